The number of hydrogen-bond donors (Lipinski definition) is 0. The lowest BCUT2D eigenvalue weighted by Crippen LogP contribution is -2.18. The number of anilines is 6. The average Bonchev–Trinajstić information content (AvgIpc) is 3.71. The molecule has 0 saturated carbocycles. The van der Waals surface area contributed by atoms with Crippen molar-refractivity contribution in [3.63, 3.8) is 0 Å². The van der Waals surface area contributed by atoms with Crippen molar-refractivity contribution in [2.24, 2.45) is 0 Å². The number of aryl methyl sites for hydroxylation is 1. The number of furan rings is 1. The van der Waals surface area contributed by atoms with E-state index in [1.807, 2.05) is 37.3 Å². The van der Waals surface area contributed by atoms with Crippen molar-refractivity contribution in [1.29, 1.82) is 5.26 Å². The summed E-state index contributed by atoms with van der Waals surface area (Å²) in [6.45, 7) is 6.72. The largest absolute Gasteiger partial charge is 0.456 e. The number of para-hydroxylation sites is 3. The molecule has 55 heavy (non-hydrogen) atoms. The van der Waals surface area contributed by atoms with Crippen LogP contribution in [0.2, 0.25) is 0 Å². The quantitative estimate of drug-likeness (QED) is 0.173. The molecule has 0 bridgehead atoms. The molecule has 262 valence electrons. The molecule has 0 amide bonds. The van der Waals surface area contributed by atoms with Gasteiger partial charge in [-0.25, -0.2) is 0 Å². The Morgan fingerprint density at radius 1 is 0.509 bits per heavy atom. The Labute approximate surface area is 320 Å². The first-order valence-corrected chi connectivity index (χ1v) is 18.7. The maximum absolute atomic E-state index is 9.70. The number of benzene rings is 8. The Kier molecular flexibility index (Phi) is 7.40. The molecule has 1 aliphatic rings. The highest BCUT2D eigenvalue weighted by molar-refractivity contribution is 6.16. The monoisotopic (exact) mass is 707 g/mol. The standard InChI is InChI=1S/C51H37N3O/c1-33-29-37(26-25-34(33)32-52)53(35-15-6-4-7-16-35)38-27-28-41-43(30-38)51(2,3)44-31-46(39-19-10-11-20-40(39)49(41)44)54(36-17-8-5-9-18-36)45-22-14-24-48-50(45)42-21-12-13-23-47(42)55-48/h4-31H,1-3H3. The van der Waals surface area contributed by atoms with E-state index in [1.54, 1.807) is 0 Å². The van der Waals surface area contributed by atoms with Gasteiger partial charge in [0.15, 0.2) is 0 Å². The molecule has 4 heteroatoms. The number of rotatable bonds is 6. The first kappa shape index (κ1) is 32.6. The molecule has 9 aromatic rings. The summed E-state index contributed by atoms with van der Waals surface area (Å²) >= 11 is 0. The van der Waals surface area contributed by atoms with Gasteiger partial charge in [0.05, 0.1) is 28.4 Å². The molecule has 0 saturated heterocycles. The van der Waals surface area contributed by atoms with Crippen LogP contribution in [-0.4, -0.2) is 0 Å². The SMILES string of the molecule is Cc1cc(N(c2ccccc2)c2ccc3c(c2)C(C)(C)c2cc(N(c4ccccc4)c4cccc5oc6ccccc6c45)c4ccccc4c2-3)ccc1C#N. The summed E-state index contributed by atoms with van der Waals surface area (Å²) in [6, 6.07) is 62.5. The summed E-state index contributed by atoms with van der Waals surface area (Å²) in [4.78, 5) is 4.71. The van der Waals surface area contributed by atoms with Gasteiger partial charge < -0.3 is 14.2 Å². The third-order valence-electron chi connectivity index (χ3n) is 11.4. The zero-order valence-electron chi connectivity index (χ0n) is 30.9. The van der Waals surface area contributed by atoms with E-state index in [-0.39, 0.29) is 5.41 Å². The van der Waals surface area contributed by atoms with Gasteiger partial charge in [-0.2, -0.15) is 5.26 Å². The Morgan fingerprint density at radius 2 is 1.13 bits per heavy atom. The average molecular weight is 708 g/mol. The Bertz CT molecular complexity index is 2990. The van der Waals surface area contributed by atoms with E-state index in [0.717, 1.165) is 61.6 Å². The van der Waals surface area contributed by atoms with Crippen LogP contribution in [0.25, 0.3) is 43.8 Å². The zero-order valence-corrected chi connectivity index (χ0v) is 30.9. The van der Waals surface area contributed by atoms with E-state index < -0.39 is 0 Å². The second kappa shape index (κ2) is 12.5. The molecule has 0 aliphatic heterocycles. The minimum atomic E-state index is -0.320. The summed E-state index contributed by atoms with van der Waals surface area (Å²) in [6.07, 6.45) is 0. The second-order valence-electron chi connectivity index (χ2n) is 14.9. The summed E-state index contributed by atoms with van der Waals surface area (Å²) in [5.74, 6) is 0. The van der Waals surface area contributed by atoms with Crippen molar-refractivity contribution in [1.82, 2.24) is 0 Å². The van der Waals surface area contributed by atoms with Crippen molar-refractivity contribution in [3.8, 4) is 17.2 Å². The predicted octanol–water partition coefficient (Wildman–Crippen LogP) is 14.2. The molecule has 8 aromatic carbocycles. The van der Waals surface area contributed by atoms with Crippen LogP contribution in [0.3, 0.4) is 0 Å². The molecule has 10 rings (SSSR count). The van der Waals surface area contributed by atoms with Gasteiger partial charge in [0, 0.05) is 38.9 Å². The fourth-order valence-corrected chi connectivity index (χ4v) is 8.74. The van der Waals surface area contributed by atoms with Crippen molar-refractivity contribution < 1.29 is 4.42 Å². The van der Waals surface area contributed by atoms with Gasteiger partial charge in [-0.05, 0) is 119 Å². The normalized spacial score (nSPS) is 12.8. The number of nitriles is 1. The number of hydrogen-bond acceptors (Lipinski definition) is 4. The Hall–Kier alpha value is -7.09. The van der Waals surface area contributed by atoms with Crippen molar-refractivity contribution in [2.75, 3.05) is 9.80 Å². The topological polar surface area (TPSA) is 43.4 Å². The van der Waals surface area contributed by atoms with Crippen LogP contribution < -0.4 is 9.80 Å². The maximum atomic E-state index is 9.70. The molecule has 1 heterocycles. The zero-order chi connectivity index (χ0) is 37.3. The molecule has 0 atom stereocenters. The number of fused-ring (bicyclic) bond motifs is 8. The van der Waals surface area contributed by atoms with Crippen LogP contribution in [0.4, 0.5) is 34.1 Å². The van der Waals surface area contributed by atoms with Crippen LogP contribution >= 0.6 is 0 Å². The fraction of sp³-hybridized carbons (Fsp3) is 0.0784. The molecule has 0 unspecified atom stereocenters. The summed E-state index contributed by atoms with van der Waals surface area (Å²) < 4.78 is 6.42. The summed E-state index contributed by atoms with van der Waals surface area (Å²) in [5, 5.41) is 14.3. The summed E-state index contributed by atoms with van der Waals surface area (Å²) in [7, 11) is 0. The van der Waals surface area contributed by atoms with E-state index in [1.165, 1.54) is 33.0 Å². The third-order valence-corrected chi connectivity index (χ3v) is 11.4. The van der Waals surface area contributed by atoms with Crippen LogP contribution in [0, 0.1) is 18.3 Å². The first-order valence-electron chi connectivity index (χ1n) is 18.7. The van der Waals surface area contributed by atoms with Crippen LogP contribution in [0.5, 0.6) is 0 Å². The van der Waals surface area contributed by atoms with Crippen LogP contribution in [0.15, 0.2) is 174 Å². The second-order valence-corrected chi connectivity index (χ2v) is 14.9. The smallest absolute Gasteiger partial charge is 0.137 e. The van der Waals surface area contributed by atoms with E-state index in [4.69, 9.17) is 4.42 Å². The van der Waals surface area contributed by atoms with E-state index >= 15 is 0 Å². The number of nitrogens with zero attached hydrogens (tertiary/aromatic N) is 3. The molecule has 0 radical (unpaired) electrons. The van der Waals surface area contributed by atoms with Gasteiger partial charge in [-0.15, -0.1) is 0 Å². The third kappa shape index (κ3) is 5.05. The molecular weight excluding hydrogens is 671 g/mol. The lowest BCUT2D eigenvalue weighted by molar-refractivity contribution is 0.661. The van der Waals surface area contributed by atoms with E-state index in [2.05, 4.69) is 169 Å². The van der Waals surface area contributed by atoms with Crippen molar-refractivity contribution in [2.45, 2.75) is 26.2 Å². The van der Waals surface area contributed by atoms with Crippen LogP contribution in [0.1, 0.15) is 36.1 Å². The fourth-order valence-electron chi connectivity index (χ4n) is 8.74. The van der Waals surface area contributed by atoms with E-state index in [0.29, 0.717) is 5.56 Å². The van der Waals surface area contributed by atoms with Gasteiger partial charge in [0.2, 0.25) is 0 Å². The van der Waals surface area contributed by atoms with Crippen LogP contribution in [-0.2, 0) is 5.41 Å². The van der Waals surface area contributed by atoms with Gasteiger partial charge in [-0.1, -0.05) is 105 Å². The van der Waals surface area contributed by atoms with E-state index in [9.17, 15) is 5.26 Å². The lowest BCUT2D eigenvalue weighted by Gasteiger charge is -2.30. The van der Waals surface area contributed by atoms with Gasteiger partial charge in [-0.3, -0.25) is 0 Å². The highest BCUT2D eigenvalue weighted by Crippen LogP contribution is 2.56. The Morgan fingerprint density at radius 3 is 1.85 bits per heavy atom. The van der Waals surface area contributed by atoms with Crippen molar-refractivity contribution >= 4 is 66.8 Å². The molecule has 0 N–H and O–H groups in total. The maximum Gasteiger partial charge on any atom is 0.137 e. The van der Waals surface area contributed by atoms with Crippen molar-refractivity contribution in [3.05, 3.63) is 192 Å². The molecule has 4 nitrogen and oxygen atoms in total. The first-order chi connectivity index (χ1) is 26.9. The Balaban J connectivity index is 1.20. The lowest BCUT2D eigenvalue weighted by atomic mass is 9.81. The molecule has 0 spiro atoms. The molecule has 0 fully saturated rings. The minimum Gasteiger partial charge on any atom is -0.456 e. The minimum absolute atomic E-state index is 0.320. The van der Waals surface area contributed by atoms with Gasteiger partial charge in [0.1, 0.15) is 11.2 Å². The highest BCUT2D eigenvalue weighted by Gasteiger charge is 2.39. The molecular formula is C51H37N3O. The van der Waals surface area contributed by atoms with Gasteiger partial charge in [0.25, 0.3) is 0 Å². The van der Waals surface area contributed by atoms with Gasteiger partial charge >= 0.3 is 0 Å². The predicted molar refractivity (Wildman–Crippen MR) is 228 cm³/mol. The molecule has 1 aromatic heterocycles. The molecule has 1 aliphatic carbocycles. The highest BCUT2D eigenvalue weighted by atomic mass is 16.3. The summed E-state index contributed by atoms with van der Waals surface area (Å²) in [5.41, 5.74) is 14.6.